The lowest BCUT2D eigenvalue weighted by molar-refractivity contribution is -0.117. The maximum Gasteiger partial charge on any atom is 0.186 e. The van der Waals surface area contributed by atoms with E-state index in [1.54, 1.807) is 0 Å². The summed E-state index contributed by atoms with van der Waals surface area (Å²) in [4.78, 5) is 0. The Labute approximate surface area is 199 Å². The van der Waals surface area contributed by atoms with Gasteiger partial charge in [0.25, 0.3) is 0 Å². The lowest BCUT2D eigenvalue weighted by atomic mass is 9.90. The highest BCUT2D eigenvalue weighted by atomic mass is 16.8. The van der Waals surface area contributed by atoms with Crippen molar-refractivity contribution in [3.63, 3.8) is 0 Å². The zero-order valence-electron chi connectivity index (χ0n) is 22.4. The van der Waals surface area contributed by atoms with Crippen molar-refractivity contribution in [3.8, 4) is 0 Å². The molecule has 0 N–H and O–H groups in total. The van der Waals surface area contributed by atoms with Crippen molar-refractivity contribution in [2.24, 2.45) is 0 Å². The summed E-state index contributed by atoms with van der Waals surface area (Å²) in [6.45, 7) is 24.7. The third-order valence-electron chi connectivity index (χ3n) is 8.68. The molecule has 1 aromatic rings. The van der Waals surface area contributed by atoms with Crippen LogP contribution in [-0.4, -0.2) is 33.6 Å². The molecule has 1 aromatic carbocycles. The van der Waals surface area contributed by atoms with E-state index in [2.05, 4.69) is 83.1 Å². The Balaban J connectivity index is 1.83. The normalized spacial score (nSPS) is 30.2. The van der Waals surface area contributed by atoms with Crippen LogP contribution in [0.4, 0.5) is 0 Å². The Kier molecular flexibility index (Phi) is 5.51. The second-order valence-electron chi connectivity index (χ2n) is 12.6. The van der Waals surface area contributed by atoms with E-state index in [4.69, 9.17) is 28.4 Å². The maximum atomic E-state index is 6.51. The van der Waals surface area contributed by atoms with Gasteiger partial charge in [-0.25, -0.2) is 0 Å². The molecule has 0 saturated carbocycles. The second-order valence-corrected chi connectivity index (χ2v) is 12.6. The summed E-state index contributed by atoms with van der Waals surface area (Å²) in [7, 11) is 0. The molecule has 0 amide bonds. The molecule has 3 fully saturated rings. The van der Waals surface area contributed by atoms with Crippen molar-refractivity contribution < 1.29 is 28.4 Å². The summed E-state index contributed by atoms with van der Waals surface area (Å²) in [6.07, 6.45) is -1.74. The molecule has 3 saturated heterocycles. The molecule has 6 heteroatoms. The fourth-order valence-corrected chi connectivity index (χ4v) is 4.19. The van der Waals surface area contributed by atoms with E-state index >= 15 is 0 Å². The molecule has 0 atom stereocenters. The molecule has 0 bridgehead atoms. The average Bonchev–Trinajstić information content (AvgIpc) is 3.09. The van der Waals surface area contributed by atoms with Gasteiger partial charge in [-0.05, 0) is 83.1 Å². The van der Waals surface area contributed by atoms with Crippen LogP contribution in [0.15, 0.2) is 18.2 Å². The lowest BCUT2D eigenvalue weighted by Gasteiger charge is -2.30. The zero-order valence-corrected chi connectivity index (χ0v) is 22.4. The summed E-state index contributed by atoms with van der Waals surface area (Å²) >= 11 is 0. The molecule has 186 valence electrons. The summed E-state index contributed by atoms with van der Waals surface area (Å²) in [5.74, 6) is 0. The van der Waals surface area contributed by atoms with Gasteiger partial charge in [0.1, 0.15) is 0 Å². The number of rotatable bonds is 3. The first kappa shape index (κ1) is 25.1. The van der Waals surface area contributed by atoms with E-state index in [1.807, 2.05) is 18.2 Å². The highest BCUT2D eigenvalue weighted by Crippen LogP contribution is 2.53. The third-order valence-corrected chi connectivity index (χ3v) is 8.68. The number of benzene rings is 1. The van der Waals surface area contributed by atoms with E-state index in [0.29, 0.717) is 0 Å². The van der Waals surface area contributed by atoms with Gasteiger partial charge in [0, 0.05) is 16.7 Å². The van der Waals surface area contributed by atoms with Crippen molar-refractivity contribution in [1.29, 1.82) is 0 Å². The first-order valence-electron chi connectivity index (χ1n) is 12.0. The minimum absolute atomic E-state index is 0.467. The standard InChI is InChI=1S/C27H42O6/c1-22(2)23(3,4)29-19(28-22)16-14-13-15-17(20-30-24(5,6)25(7,8)31-20)18(16)21-32-26(9,10)27(11,12)33-21/h13-15,19-21H,1-12H3. The summed E-state index contributed by atoms with van der Waals surface area (Å²) in [6, 6.07) is 6.05. The van der Waals surface area contributed by atoms with Crippen molar-refractivity contribution in [1.82, 2.24) is 0 Å². The molecule has 6 nitrogen and oxygen atoms in total. The maximum absolute atomic E-state index is 6.51. The largest absolute Gasteiger partial charge is 0.339 e. The molecule has 4 rings (SSSR count). The minimum atomic E-state index is -0.612. The summed E-state index contributed by atoms with van der Waals surface area (Å²) in [5.41, 5.74) is -0.249. The van der Waals surface area contributed by atoms with Crippen LogP contribution in [0.25, 0.3) is 0 Å². The Hall–Kier alpha value is -1.02. The van der Waals surface area contributed by atoms with Crippen LogP contribution >= 0.6 is 0 Å². The van der Waals surface area contributed by atoms with E-state index in [9.17, 15) is 0 Å². The lowest BCUT2D eigenvalue weighted by Crippen LogP contribution is -2.41. The zero-order chi connectivity index (χ0) is 24.8. The van der Waals surface area contributed by atoms with Gasteiger partial charge in [-0.1, -0.05) is 18.2 Å². The molecular weight excluding hydrogens is 420 g/mol. The average molecular weight is 463 g/mol. The molecule has 0 unspecified atom stereocenters. The van der Waals surface area contributed by atoms with Crippen molar-refractivity contribution in [3.05, 3.63) is 34.9 Å². The van der Waals surface area contributed by atoms with Crippen LogP contribution in [0.5, 0.6) is 0 Å². The van der Waals surface area contributed by atoms with Crippen molar-refractivity contribution in [2.75, 3.05) is 0 Å². The minimum Gasteiger partial charge on any atom is -0.339 e. The molecule has 3 aliphatic rings. The molecular formula is C27H42O6. The molecule has 3 aliphatic heterocycles. The SMILES string of the molecule is CC1(C)OC(c2cccc(C3OC(C)(C)C(C)(C)O3)c2C2OC(C)(C)C(C)(C)O2)OC1(C)C. The quantitative estimate of drug-likeness (QED) is 0.511. The highest BCUT2D eigenvalue weighted by molar-refractivity contribution is 5.40. The van der Waals surface area contributed by atoms with E-state index < -0.39 is 52.5 Å². The highest BCUT2D eigenvalue weighted by Gasteiger charge is 2.55. The number of ether oxygens (including phenoxy) is 6. The van der Waals surface area contributed by atoms with Gasteiger partial charge >= 0.3 is 0 Å². The predicted molar refractivity (Wildman–Crippen MR) is 126 cm³/mol. The van der Waals surface area contributed by atoms with E-state index in [0.717, 1.165) is 16.7 Å². The third kappa shape index (κ3) is 3.87. The molecule has 0 radical (unpaired) electrons. The van der Waals surface area contributed by atoms with Gasteiger partial charge in [0.15, 0.2) is 18.9 Å². The van der Waals surface area contributed by atoms with Crippen molar-refractivity contribution in [2.45, 2.75) is 136 Å². The summed E-state index contributed by atoms with van der Waals surface area (Å²) in [5, 5.41) is 0. The van der Waals surface area contributed by atoms with Crippen LogP contribution in [0.2, 0.25) is 0 Å². The van der Waals surface area contributed by atoms with Crippen LogP contribution in [0.1, 0.15) is 119 Å². The van der Waals surface area contributed by atoms with E-state index in [-0.39, 0.29) is 0 Å². The molecule has 0 spiro atoms. The molecule has 33 heavy (non-hydrogen) atoms. The molecule has 3 heterocycles. The predicted octanol–water partition coefficient (Wildman–Crippen LogP) is 6.49. The first-order valence-corrected chi connectivity index (χ1v) is 12.0. The number of hydrogen-bond acceptors (Lipinski definition) is 6. The Morgan fingerprint density at radius 1 is 0.424 bits per heavy atom. The first-order chi connectivity index (χ1) is 14.8. The fourth-order valence-electron chi connectivity index (χ4n) is 4.19. The van der Waals surface area contributed by atoms with E-state index in [1.165, 1.54) is 0 Å². The van der Waals surface area contributed by atoms with Gasteiger partial charge in [-0.15, -0.1) is 0 Å². The Morgan fingerprint density at radius 2 is 0.667 bits per heavy atom. The number of hydrogen-bond donors (Lipinski definition) is 0. The Morgan fingerprint density at radius 3 is 0.939 bits per heavy atom. The smallest absolute Gasteiger partial charge is 0.186 e. The fraction of sp³-hybridized carbons (Fsp3) is 0.778. The molecule has 0 aromatic heterocycles. The summed E-state index contributed by atoms with van der Waals surface area (Å²) < 4.78 is 38.8. The van der Waals surface area contributed by atoms with Crippen molar-refractivity contribution >= 4 is 0 Å². The van der Waals surface area contributed by atoms with Gasteiger partial charge in [-0.2, -0.15) is 0 Å². The van der Waals surface area contributed by atoms with Crippen LogP contribution < -0.4 is 0 Å². The second kappa shape index (κ2) is 7.25. The van der Waals surface area contributed by atoms with Crippen LogP contribution in [0.3, 0.4) is 0 Å². The Bertz CT molecular complexity index is 824. The van der Waals surface area contributed by atoms with Crippen LogP contribution in [-0.2, 0) is 28.4 Å². The molecule has 0 aliphatic carbocycles. The topological polar surface area (TPSA) is 55.4 Å². The van der Waals surface area contributed by atoms with Gasteiger partial charge in [-0.3, -0.25) is 0 Å². The van der Waals surface area contributed by atoms with Gasteiger partial charge in [0.2, 0.25) is 0 Å². The van der Waals surface area contributed by atoms with Gasteiger partial charge < -0.3 is 28.4 Å². The van der Waals surface area contributed by atoms with Crippen LogP contribution in [0, 0.1) is 0 Å². The monoisotopic (exact) mass is 462 g/mol. The van der Waals surface area contributed by atoms with Gasteiger partial charge in [0.05, 0.1) is 33.6 Å².